The highest BCUT2D eigenvalue weighted by atomic mass is 79.9. The van der Waals surface area contributed by atoms with E-state index in [2.05, 4.69) is 71.3 Å². The molecule has 1 atom stereocenters. The molecular weight excluding hydrogens is 312 g/mol. The second-order valence-corrected chi connectivity index (χ2v) is 6.82. The molecule has 1 aromatic carbocycles. The van der Waals surface area contributed by atoms with Crippen molar-refractivity contribution in [1.82, 2.24) is 10.3 Å². The zero-order chi connectivity index (χ0) is 14.8. The lowest BCUT2D eigenvalue weighted by Gasteiger charge is -2.21. The van der Waals surface area contributed by atoms with Crippen LogP contribution in [0.5, 0.6) is 0 Å². The van der Waals surface area contributed by atoms with E-state index in [0.29, 0.717) is 0 Å². The van der Waals surface area contributed by atoms with Gasteiger partial charge in [-0.05, 0) is 51.7 Å². The molecule has 1 heterocycles. The summed E-state index contributed by atoms with van der Waals surface area (Å²) in [6.07, 6.45) is 1.83. The number of aromatic nitrogens is 1. The highest BCUT2D eigenvalue weighted by molar-refractivity contribution is 9.10. The molecule has 3 heteroatoms. The molecule has 0 saturated heterocycles. The summed E-state index contributed by atoms with van der Waals surface area (Å²) in [6, 6.07) is 12.8. The van der Waals surface area contributed by atoms with Crippen LogP contribution in [-0.2, 0) is 5.41 Å². The van der Waals surface area contributed by atoms with Crippen LogP contribution in [0, 0.1) is 0 Å². The largest absolute Gasteiger partial charge is 0.308 e. The predicted octanol–water partition coefficient (Wildman–Crippen LogP) is 4.45. The van der Waals surface area contributed by atoms with Gasteiger partial charge in [0, 0.05) is 10.7 Å². The van der Waals surface area contributed by atoms with Crippen molar-refractivity contribution >= 4 is 15.9 Å². The molecule has 0 radical (unpaired) electrons. The summed E-state index contributed by atoms with van der Waals surface area (Å²) in [4.78, 5) is 4.49. The Labute approximate surface area is 129 Å². The van der Waals surface area contributed by atoms with Crippen LogP contribution < -0.4 is 5.32 Å². The normalized spacial score (nSPS) is 13.2. The van der Waals surface area contributed by atoms with Crippen LogP contribution in [0.25, 0.3) is 0 Å². The Morgan fingerprint density at radius 3 is 2.25 bits per heavy atom. The van der Waals surface area contributed by atoms with Crippen LogP contribution in [0.2, 0.25) is 0 Å². The minimum absolute atomic E-state index is 0.0968. The fourth-order valence-electron chi connectivity index (χ4n) is 2.25. The Kier molecular flexibility index (Phi) is 4.61. The van der Waals surface area contributed by atoms with Crippen molar-refractivity contribution in [2.75, 3.05) is 7.05 Å². The van der Waals surface area contributed by atoms with Crippen molar-refractivity contribution < 1.29 is 0 Å². The minimum atomic E-state index is 0.0968. The molecule has 0 aliphatic heterocycles. The first kappa shape index (κ1) is 15.2. The van der Waals surface area contributed by atoms with Gasteiger partial charge in [0.15, 0.2) is 0 Å². The molecule has 1 unspecified atom stereocenters. The molecule has 1 N–H and O–H groups in total. The van der Waals surface area contributed by atoms with Gasteiger partial charge in [-0.25, -0.2) is 0 Å². The average molecular weight is 333 g/mol. The van der Waals surface area contributed by atoms with Crippen LogP contribution in [0.4, 0.5) is 0 Å². The molecule has 0 saturated carbocycles. The summed E-state index contributed by atoms with van der Waals surface area (Å²) in [5, 5.41) is 3.34. The van der Waals surface area contributed by atoms with Crippen molar-refractivity contribution in [2.45, 2.75) is 32.2 Å². The lowest BCUT2D eigenvalue weighted by Crippen LogP contribution is -2.20. The van der Waals surface area contributed by atoms with E-state index in [1.54, 1.807) is 0 Å². The number of hydrogen-bond donors (Lipinski definition) is 1. The van der Waals surface area contributed by atoms with Crippen LogP contribution in [0.1, 0.15) is 43.6 Å². The maximum Gasteiger partial charge on any atom is 0.0760 e. The van der Waals surface area contributed by atoms with Gasteiger partial charge in [0.05, 0.1) is 11.7 Å². The van der Waals surface area contributed by atoms with Gasteiger partial charge in [-0.2, -0.15) is 0 Å². The van der Waals surface area contributed by atoms with E-state index in [1.807, 2.05) is 25.4 Å². The molecule has 0 aliphatic rings. The fourth-order valence-corrected chi connectivity index (χ4v) is 2.73. The second kappa shape index (κ2) is 6.06. The van der Waals surface area contributed by atoms with E-state index in [9.17, 15) is 0 Å². The Morgan fingerprint density at radius 1 is 1.10 bits per heavy atom. The molecule has 20 heavy (non-hydrogen) atoms. The molecule has 0 amide bonds. The smallest absolute Gasteiger partial charge is 0.0760 e. The monoisotopic (exact) mass is 332 g/mol. The van der Waals surface area contributed by atoms with Gasteiger partial charge in [-0.1, -0.05) is 45.0 Å². The topological polar surface area (TPSA) is 24.9 Å². The molecule has 0 spiro atoms. The van der Waals surface area contributed by atoms with Crippen molar-refractivity contribution in [1.29, 1.82) is 0 Å². The average Bonchev–Trinajstić information content (AvgIpc) is 2.41. The summed E-state index contributed by atoms with van der Waals surface area (Å²) in [5.74, 6) is 0. The third kappa shape index (κ3) is 3.28. The minimum Gasteiger partial charge on any atom is -0.308 e. The number of pyridine rings is 1. The Hall–Kier alpha value is -1.19. The van der Waals surface area contributed by atoms with Crippen molar-refractivity contribution in [2.24, 2.45) is 0 Å². The molecule has 2 nitrogen and oxygen atoms in total. The number of rotatable bonds is 3. The highest BCUT2D eigenvalue weighted by Crippen LogP contribution is 2.28. The van der Waals surface area contributed by atoms with Crippen molar-refractivity contribution in [3.8, 4) is 0 Å². The lowest BCUT2D eigenvalue weighted by molar-refractivity contribution is 0.588. The summed E-state index contributed by atoms with van der Waals surface area (Å²) < 4.78 is 1.03. The quantitative estimate of drug-likeness (QED) is 0.898. The number of nitrogens with one attached hydrogen (secondary N) is 1. The van der Waals surface area contributed by atoms with Gasteiger partial charge in [-0.15, -0.1) is 0 Å². The predicted molar refractivity (Wildman–Crippen MR) is 88.0 cm³/mol. The zero-order valence-electron chi connectivity index (χ0n) is 12.4. The third-order valence-electron chi connectivity index (χ3n) is 3.46. The Morgan fingerprint density at radius 2 is 1.75 bits per heavy atom. The molecule has 0 fully saturated rings. The van der Waals surface area contributed by atoms with E-state index < -0.39 is 0 Å². The summed E-state index contributed by atoms with van der Waals surface area (Å²) >= 11 is 3.58. The second-order valence-electron chi connectivity index (χ2n) is 5.96. The van der Waals surface area contributed by atoms with Gasteiger partial charge in [-0.3, -0.25) is 4.98 Å². The van der Waals surface area contributed by atoms with E-state index in [4.69, 9.17) is 0 Å². The SMILES string of the molecule is CNC(c1ccc(C(C)(C)C)cc1)c1ncccc1Br. The first-order chi connectivity index (χ1) is 9.43. The maximum absolute atomic E-state index is 4.49. The van der Waals surface area contributed by atoms with Gasteiger partial charge < -0.3 is 5.32 Å². The van der Waals surface area contributed by atoms with Crippen LogP contribution in [0.15, 0.2) is 47.1 Å². The van der Waals surface area contributed by atoms with E-state index in [0.717, 1.165) is 10.2 Å². The van der Waals surface area contributed by atoms with Crippen LogP contribution >= 0.6 is 15.9 Å². The van der Waals surface area contributed by atoms with Crippen molar-refractivity contribution in [3.63, 3.8) is 0 Å². The summed E-state index contributed by atoms with van der Waals surface area (Å²) in [5.41, 5.74) is 3.76. The van der Waals surface area contributed by atoms with Gasteiger partial charge >= 0.3 is 0 Å². The maximum atomic E-state index is 4.49. The van der Waals surface area contributed by atoms with Crippen molar-refractivity contribution in [3.05, 3.63) is 63.9 Å². The first-order valence-corrected chi connectivity index (χ1v) is 7.61. The van der Waals surface area contributed by atoms with E-state index in [-0.39, 0.29) is 11.5 Å². The first-order valence-electron chi connectivity index (χ1n) is 6.81. The lowest BCUT2D eigenvalue weighted by atomic mass is 9.86. The van der Waals surface area contributed by atoms with Gasteiger partial charge in [0.25, 0.3) is 0 Å². The molecule has 2 rings (SSSR count). The highest BCUT2D eigenvalue weighted by Gasteiger charge is 2.18. The molecule has 0 aliphatic carbocycles. The Balaban J connectivity index is 2.36. The zero-order valence-corrected chi connectivity index (χ0v) is 14.0. The third-order valence-corrected chi connectivity index (χ3v) is 4.13. The number of halogens is 1. The number of nitrogens with zero attached hydrogens (tertiary/aromatic N) is 1. The van der Waals surface area contributed by atoms with E-state index in [1.165, 1.54) is 11.1 Å². The molecule has 2 aromatic rings. The molecular formula is C17H21BrN2. The number of hydrogen-bond acceptors (Lipinski definition) is 2. The van der Waals surface area contributed by atoms with Crippen LogP contribution in [0.3, 0.4) is 0 Å². The van der Waals surface area contributed by atoms with Crippen LogP contribution in [-0.4, -0.2) is 12.0 Å². The standard InChI is InChI=1S/C17H21BrN2/c1-17(2,3)13-9-7-12(8-10-13)15(19-4)16-14(18)6-5-11-20-16/h5-11,15,19H,1-4H3. The summed E-state index contributed by atoms with van der Waals surface area (Å²) in [7, 11) is 1.96. The fraction of sp³-hybridized carbons (Fsp3) is 0.353. The Bertz CT molecular complexity index is 570. The van der Waals surface area contributed by atoms with Gasteiger partial charge in [0.2, 0.25) is 0 Å². The number of benzene rings is 1. The summed E-state index contributed by atoms with van der Waals surface area (Å²) in [6.45, 7) is 6.69. The molecule has 1 aromatic heterocycles. The van der Waals surface area contributed by atoms with Gasteiger partial charge in [0.1, 0.15) is 0 Å². The molecule has 0 bridgehead atoms. The molecule has 106 valence electrons. The van der Waals surface area contributed by atoms with E-state index >= 15 is 0 Å².